The maximum Gasteiger partial charge on any atom is 0.300 e. The number of aliphatic hydroxyl groups excluding tert-OH is 1. The summed E-state index contributed by atoms with van der Waals surface area (Å²) in [5, 5.41) is 11.2. The van der Waals surface area contributed by atoms with Crippen molar-refractivity contribution in [2.75, 3.05) is 4.90 Å². The monoisotopic (exact) mass is 411 g/mol. The molecule has 156 valence electrons. The van der Waals surface area contributed by atoms with Crippen LogP contribution in [0.4, 0.5) is 5.69 Å². The first-order chi connectivity index (χ1) is 14.9. The predicted molar refractivity (Wildman–Crippen MR) is 123 cm³/mol. The van der Waals surface area contributed by atoms with Crippen molar-refractivity contribution < 1.29 is 14.7 Å². The highest BCUT2D eigenvalue weighted by Crippen LogP contribution is 2.43. The maximum atomic E-state index is 13.2. The second kappa shape index (κ2) is 8.23. The molecule has 4 rings (SSSR count). The number of aliphatic hydroxyl groups is 1. The van der Waals surface area contributed by atoms with Gasteiger partial charge in [0.1, 0.15) is 5.76 Å². The van der Waals surface area contributed by atoms with Gasteiger partial charge in [-0.1, -0.05) is 73.7 Å². The van der Waals surface area contributed by atoms with Gasteiger partial charge in [0.15, 0.2) is 0 Å². The van der Waals surface area contributed by atoms with Crippen LogP contribution >= 0.6 is 0 Å². The lowest BCUT2D eigenvalue weighted by Crippen LogP contribution is -2.30. The van der Waals surface area contributed by atoms with Gasteiger partial charge in [-0.25, -0.2) is 0 Å². The van der Waals surface area contributed by atoms with E-state index >= 15 is 0 Å². The van der Waals surface area contributed by atoms with Gasteiger partial charge in [-0.05, 0) is 48.6 Å². The summed E-state index contributed by atoms with van der Waals surface area (Å²) in [6.45, 7) is 5.91. The smallest absolute Gasteiger partial charge is 0.300 e. The minimum atomic E-state index is -0.701. The Labute approximate surface area is 182 Å². The highest BCUT2D eigenvalue weighted by atomic mass is 16.3. The van der Waals surface area contributed by atoms with E-state index in [9.17, 15) is 14.7 Å². The van der Waals surface area contributed by atoms with Crippen molar-refractivity contribution in [3.8, 4) is 0 Å². The number of ketones is 1. The molecule has 1 fully saturated rings. The van der Waals surface area contributed by atoms with Crippen LogP contribution in [-0.4, -0.2) is 16.8 Å². The fraction of sp³-hybridized carbons (Fsp3) is 0.185. The highest BCUT2D eigenvalue weighted by Gasteiger charge is 2.47. The Morgan fingerprint density at radius 1 is 0.871 bits per heavy atom. The molecule has 1 heterocycles. The van der Waals surface area contributed by atoms with E-state index in [1.807, 2.05) is 74.5 Å². The van der Waals surface area contributed by atoms with E-state index in [4.69, 9.17) is 0 Å². The van der Waals surface area contributed by atoms with Crippen LogP contribution in [0.2, 0.25) is 0 Å². The lowest BCUT2D eigenvalue weighted by Gasteiger charge is -2.27. The number of rotatable bonds is 4. The molecular formula is C27H25NO3. The zero-order valence-corrected chi connectivity index (χ0v) is 17.9. The number of anilines is 1. The topological polar surface area (TPSA) is 57.6 Å². The van der Waals surface area contributed by atoms with Crippen LogP contribution in [0.1, 0.15) is 40.8 Å². The second-order valence-electron chi connectivity index (χ2n) is 7.86. The first-order valence-corrected chi connectivity index (χ1v) is 10.5. The highest BCUT2D eigenvalue weighted by molar-refractivity contribution is 6.51. The average Bonchev–Trinajstić information content (AvgIpc) is 3.04. The van der Waals surface area contributed by atoms with Crippen molar-refractivity contribution in [1.29, 1.82) is 0 Å². The van der Waals surface area contributed by atoms with Crippen molar-refractivity contribution >= 4 is 23.1 Å². The Hall–Kier alpha value is -3.66. The summed E-state index contributed by atoms with van der Waals surface area (Å²) in [6, 6.07) is 21.9. The molecule has 0 radical (unpaired) electrons. The van der Waals surface area contributed by atoms with Gasteiger partial charge < -0.3 is 5.11 Å². The lowest BCUT2D eigenvalue weighted by molar-refractivity contribution is -0.132. The summed E-state index contributed by atoms with van der Waals surface area (Å²) in [6.07, 6.45) is 0.877. The lowest BCUT2D eigenvalue weighted by atomic mass is 9.92. The van der Waals surface area contributed by atoms with Crippen LogP contribution in [-0.2, 0) is 16.0 Å². The predicted octanol–water partition coefficient (Wildman–Crippen LogP) is 5.49. The maximum absolute atomic E-state index is 13.2. The number of amides is 1. The standard InChI is InChI=1S/C27H25NO3/c1-4-19-13-15-20(16-14-19)25(29)23-24(21-11-7-5-9-17(21)2)28(27(31)26(23)30)22-12-8-6-10-18(22)3/h5-16,24,29H,4H2,1-3H3/b25-23+. The number of para-hydroxylation sites is 1. The van der Waals surface area contributed by atoms with Crippen LogP contribution in [0.3, 0.4) is 0 Å². The van der Waals surface area contributed by atoms with E-state index < -0.39 is 17.7 Å². The third-order valence-electron chi connectivity index (χ3n) is 5.94. The van der Waals surface area contributed by atoms with Gasteiger partial charge in [0.05, 0.1) is 11.6 Å². The molecule has 1 saturated heterocycles. The molecule has 0 saturated carbocycles. The molecule has 1 atom stereocenters. The second-order valence-corrected chi connectivity index (χ2v) is 7.86. The van der Waals surface area contributed by atoms with Crippen molar-refractivity contribution in [2.24, 2.45) is 0 Å². The van der Waals surface area contributed by atoms with E-state index in [0.29, 0.717) is 11.3 Å². The van der Waals surface area contributed by atoms with Crippen LogP contribution in [0, 0.1) is 13.8 Å². The first kappa shape index (κ1) is 20.6. The number of Topliss-reactive ketones (excluding diaryl/α,β-unsaturated/α-hetero) is 1. The van der Waals surface area contributed by atoms with Gasteiger partial charge in [-0.15, -0.1) is 0 Å². The van der Waals surface area contributed by atoms with Crippen LogP contribution in [0.5, 0.6) is 0 Å². The molecule has 3 aromatic rings. The Morgan fingerprint density at radius 3 is 2.10 bits per heavy atom. The van der Waals surface area contributed by atoms with E-state index in [2.05, 4.69) is 6.92 Å². The van der Waals surface area contributed by atoms with Crippen molar-refractivity contribution in [3.63, 3.8) is 0 Å². The summed E-state index contributed by atoms with van der Waals surface area (Å²) in [5.41, 5.74) is 5.09. The molecule has 0 aromatic heterocycles. The van der Waals surface area contributed by atoms with Gasteiger partial charge in [0.2, 0.25) is 0 Å². The summed E-state index contributed by atoms with van der Waals surface area (Å²) in [5.74, 6) is -1.45. The van der Waals surface area contributed by atoms with Crippen molar-refractivity contribution in [2.45, 2.75) is 33.2 Å². The molecule has 0 bridgehead atoms. The number of benzene rings is 3. The molecule has 4 heteroatoms. The molecule has 0 spiro atoms. The molecule has 4 nitrogen and oxygen atoms in total. The van der Waals surface area contributed by atoms with Gasteiger partial charge in [-0.2, -0.15) is 0 Å². The van der Waals surface area contributed by atoms with Crippen LogP contribution in [0.25, 0.3) is 5.76 Å². The quantitative estimate of drug-likeness (QED) is 0.351. The van der Waals surface area contributed by atoms with E-state index in [0.717, 1.165) is 28.7 Å². The SMILES string of the molecule is CCc1ccc(/C(O)=C2\C(=O)C(=O)N(c3ccccc3C)C2c2ccccc2C)cc1. The first-order valence-electron chi connectivity index (χ1n) is 10.5. The van der Waals surface area contributed by atoms with Gasteiger partial charge >= 0.3 is 0 Å². The number of carbonyl (C=O) groups is 2. The van der Waals surface area contributed by atoms with Crippen molar-refractivity contribution in [1.82, 2.24) is 0 Å². The zero-order chi connectivity index (χ0) is 22.1. The molecule has 1 aliphatic heterocycles. The van der Waals surface area contributed by atoms with Crippen LogP contribution in [0.15, 0.2) is 78.4 Å². The molecule has 1 N–H and O–H groups in total. The number of aryl methyl sites for hydroxylation is 3. The molecule has 1 amide bonds. The Kier molecular flexibility index (Phi) is 5.47. The third-order valence-corrected chi connectivity index (χ3v) is 5.94. The Morgan fingerprint density at radius 2 is 1.48 bits per heavy atom. The minimum absolute atomic E-state index is 0.117. The van der Waals surface area contributed by atoms with E-state index in [1.54, 1.807) is 12.1 Å². The third kappa shape index (κ3) is 3.55. The average molecular weight is 412 g/mol. The summed E-state index contributed by atoms with van der Waals surface area (Å²) < 4.78 is 0. The molecule has 3 aromatic carbocycles. The van der Waals surface area contributed by atoms with Gasteiger partial charge in [0, 0.05) is 11.3 Å². The number of nitrogens with zero attached hydrogens (tertiary/aromatic N) is 1. The van der Waals surface area contributed by atoms with Crippen molar-refractivity contribution in [3.05, 3.63) is 106 Å². The van der Waals surface area contributed by atoms with Gasteiger partial charge in [0.25, 0.3) is 11.7 Å². The fourth-order valence-corrected chi connectivity index (χ4v) is 4.16. The number of hydrogen-bond acceptors (Lipinski definition) is 3. The Balaban J connectivity index is 1.97. The zero-order valence-electron chi connectivity index (χ0n) is 17.9. The molecule has 0 aliphatic carbocycles. The number of carbonyl (C=O) groups excluding carboxylic acids is 2. The molecule has 1 aliphatic rings. The summed E-state index contributed by atoms with van der Waals surface area (Å²) in [7, 11) is 0. The largest absolute Gasteiger partial charge is 0.507 e. The summed E-state index contributed by atoms with van der Waals surface area (Å²) in [4.78, 5) is 28.0. The Bertz CT molecular complexity index is 1190. The molecular weight excluding hydrogens is 386 g/mol. The van der Waals surface area contributed by atoms with Crippen LogP contribution < -0.4 is 4.90 Å². The minimum Gasteiger partial charge on any atom is -0.507 e. The van der Waals surface area contributed by atoms with E-state index in [-0.39, 0.29) is 11.3 Å². The number of hydrogen-bond donors (Lipinski definition) is 1. The molecule has 1 unspecified atom stereocenters. The summed E-state index contributed by atoms with van der Waals surface area (Å²) >= 11 is 0. The van der Waals surface area contributed by atoms with Gasteiger partial charge in [-0.3, -0.25) is 14.5 Å². The fourth-order valence-electron chi connectivity index (χ4n) is 4.16. The molecule has 31 heavy (non-hydrogen) atoms. The van der Waals surface area contributed by atoms with E-state index in [1.165, 1.54) is 4.90 Å². The normalized spacial score (nSPS) is 17.9.